The van der Waals surface area contributed by atoms with Crippen molar-refractivity contribution in [1.29, 1.82) is 0 Å². The summed E-state index contributed by atoms with van der Waals surface area (Å²) in [6.45, 7) is -0.442. The predicted molar refractivity (Wildman–Crippen MR) is 186 cm³/mol. The average molecular weight is 687 g/mol. The van der Waals surface area contributed by atoms with Crippen LogP contribution < -0.4 is 30.7 Å². The number of nitrogens with one attached hydrogen (secondary N) is 4. The Balaban J connectivity index is 1.33. The standard InChI is InChI=1S/C35H34N4O7S2/c40-23-21-47-30-15-7-3-11-26(30)38-32(41)19-45-28-13-5-1-9-24(28)34(43)36-17-18-37-35(44)25-10-2-6-14-29(25)46-20-33(42)39-27-12-4-8-16-31(27)48-22-23/h1-16,23,40H,17-22H2,(H,36,43)(H,37,44)(H,38,41)(H,39,42). The molecule has 0 spiro atoms. The lowest BCUT2D eigenvalue weighted by atomic mass is 10.2. The molecule has 1 aliphatic rings. The van der Waals surface area contributed by atoms with Gasteiger partial charge in [-0.2, -0.15) is 0 Å². The van der Waals surface area contributed by atoms with E-state index in [1.165, 1.54) is 23.5 Å². The minimum atomic E-state index is -0.702. The summed E-state index contributed by atoms with van der Waals surface area (Å²) >= 11 is 2.80. The van der Waals surface area contributed by atoms with Gasteiger partial charge in [0, 0.05) is 34.4 Å². The molecule has 4 aromatic rings. The molecule has 5 rings (SSSR count). The number of aliphatic hydroxyl groups is 1. The lowest BCUT2D eigenvalue weighted by Crippen LogP contribution is -2.35. The quantitative estimate of drug-likeness (QED) is 0.181. The first-order valence-corrected chi connectivity index (χ1v) is 17.1. The highest BCUT2D eigenvalue weighted by molar-refractivity contribution is 8.00. The van der Waals surface area contributed by atoms with Crippen LogP contribution in [0.15, 0.2) is 107 Å². The van der Waals surface area contributed by atoms with Gasteiger partial charge in [0.15, 0.2) is 13.2 Å². The summed E-state index contributed by atoms with van der Waals surface area (Å²) in [7, 11) is 0. The molecule has 0 saturated heterocycles. The van der Waals surface area contributed by atoms with E-state index in [2.05, 4.69) is 21.3 Å². The maximum Gasteiger partial charge on any atom is 0.262 e. The number of hydrogen-bond acceptors (Lipinski definition) is 9. The molecule has 11 nitrogen and oxygen atoms in total. The van der Waals surface area contributed by atoms with Crippen LogP contribution in [0.2, 0.25) is 0 Å². The molecule has 4 amide bonds. The second-order valence-corrected chi connectivity index (χ2v) is 12.6. The zero-order chi connectivity index (χ0) is 33.7. The minimum Gasteiger partial charge on any atom is -0.483 e. The van der Waals surface area contributed by atoms with E-state index in [1.54, 1.807) is 72.8 Å². The van der Waals surface area contributed by atoms with Crippen molar-refractivity contribution in [2.75, 3.05) is 48.4 Å². The Labute approximate surface area is 286 Å². The van der Waals surface area contributed by atoms with Crippen molar-refractivity contribution in [3.63, 3.8) is 0 Å². The number of thioether (sulfide) groups is 2. The third kappa shape index (κ3) is 9.77. The summed E-state index contributed by atoms with van der Waals surface area (Å²) < 4.78 is 11.5. The van der Waals surface area contributed by atoms with Crippen LogP contribution in [0.3, 0.4) is 0 Å². The number of carbonyl (C=O) groups is 4. The molecule has 5 N–H and O–H groups in total. The lowest BCUT2D eigenvalue weighted by Gasteiger charge is -2.15. The molecule has 0 bridgehead atoms. The number of fused-ring (bicyclic) bond motifs is 4. The van der Waals surface area contributed by atoms with Crippen molar-refractivity contribution in [2.24, 2.45) is 0 Å². The van der Waals surface area contributed by atoms with Crippen molar-refractivity contribution in [1.82, 2.24) is 10.6 Å². The highest BCUT2D eigenvalue weighted by Crippen LogP contribution is 2.31. The maximum absolute atomic E-state index is 13.0. The van der Waals surface area contributed by atoms with Gasteiger partial charge < -0.3 is 35.8 Å². The number of para-hydroxylation sites is 4. The van der Waals surface area contributed by atoms with Gasteiger partial charge in [-0.25, -0.2) is 0 Å². The average Bonchev–Trinajstić information content (AvgIpc) is 3.10. The van der Waals surface area contributed by atoms with E-state index >= 15 is 0 Å². The summed E-state index contributed by atoms with van der Waals surface area (Å²) in [4.78, 5) is 53.2. The second-order valence-electron chi connectivity index (χ2n) is 10.4. The lowest BCUT2D eigenvalue weighted by molar-refractivity contribution is -0.118. The van der Waals surface area contributed by atoms with Gasteiger partial charge in [0.2, 0.25) is 0 Å². The van der Waals surface area contributed by atoms with Crippen LogP contribution >= 0.6 is 23.5 Å². The highest BCUT2D eigenvalue weighted by atomic mass is 32.2. The molecule has 0 saturated carbocycles. The molecule has 0 unspecified atom stereocenters. The van der Waals surface area contributed by atoms with Crippen LogP contribution in [0, 0.1) is 0 Å². The molecule has 48 heavy (non-hydrogen) atoms. The predicted octanol–water partition coefficient (Wildman–Crippen LogP) is 4.44. The maximum atomic E-state index is 13.0. The van der Waals surface area contributed by atoms with E-state index in [0.717, 1.165) is 9.79 Å². The largest absolute Gasteiger partial charge is 0.483 e. The summed E-state index contributed by atoms with van der Waals surface area (Å²) in [6.07, 6.45) is -0.702. The van der Waals surface area contributed by atoms with E-state index in [0.29, 0.717) is 22.9 Å². The molecule has 1 heterocycles. The van der Waals surface area contributed by atoms with Crippen LogP contribution in [0.5, 0.6) is 11.5 Å². The molecule has 0 aliphatic carbocycles. The SMILES string of the molecule is O=C1COc2ccccc2C(=O)NCCNC(=O)c2ccccc2OCC(=O)Nc2ccccc2SCC(O)CSc2ccccc2N1. The Morgan fingerprint density at radius 1 is 0.562 bits per heavy atom. The number of anilines is 2. The second kappa shape index (κ2) is 17.3. The fraction of sp³-hybridized carbons (Fsp3) is 0.200. The number of aliphatic hydroxyl groups excluding tert-OH is 1. The van der Waals surface area contributed by atoms with Gasteiger partial charge in [-0.3, -0.25) is 19.2 Å². The number of benzene rings is 4. The zero-order valence-corrected chi connectivity index (χ0v) is 27.4. The monoisotopic (exact) mass is 686 g/mol. The molecule has 0 atom stereocenters. The van der Waals surface area contributed by atoms with Gasteiger partial charge in [-0.05, 0) is 48.5 Å². The Bertz CT molecular complexity index is 1640. The normalized spacial score (nSPS) is 16.0. The van der Waals surface area contributed by atoms with Gasteiger partial charge in [0.05, 0.1) is 28.6 Å². The van der Waals surface area contributed by atoms with E-state index in [1.807, 2.05) is 24.3 Å². The Hall–Kier alpha value is -4.98. The first-order chi connectivity index (χ1) is 23.4. The third-order valence-electron chi connectivity index (χ3n) is 6.86. The first kappa shape index (κ1) is 34.4. The molecule has 13 heteroatoms. The van der Waals surface area contributed by atoms with Crippen molar-refractivity contribution in [3.05, 3.63) is 108 Å². The van der Waals surface area contributed by atoms with Gasteiger partial charge in [0.1, 0.15) is 11.5 Å². The van der Waals surface area contributed by atoms with Crippen molar-refractivity contribution in [2.45, 2.75) is 15.9 Å². The molecule has 0 radical (unpaired) electrons. The number of hydrogen-bond donors (Lipinski definition) is 5. The summed E-state index contributed by atoms with van der Waals surface area (Å²) in [5.41, 5.74) is 1.60. The Morgan fingerprint density at radius 2 is 0.958 bits per heavy atom. The molecule has 0 aromatic heterocycles. The third-order valence-corrected chi connectivity index (χ3v) is 9.30. The zero-order valence-electron chi connectivity index (χ0n) is 25.8. The van der Waals surface area contributed by atoms with Gasteiger partial charge in [-0.15, -0.1) is 23.5 Å². The van der Waals surface area contributed by atoms with E-state index in [4.69, 9.17) is 9.47 Å². The topological polar surface area (TPSA) is 155 Å². The number of ether oxygens (including phenoxy) is 2. The van der Waals surface area contributed by atoms with E-state index in [9.17, 15) is 24.3 Å². The van der Waals surface area contributed by atoms with Crippen LogP contribution in [0.25, 0.3) is 0 Å². The van der Waals surface area contributed by atoms with Crippen molar-refractivity contribution >= 4 is 58.5 Å². The van der Waals surface area contributed by atoms with E-state index < -0.39 is 29.7 Å². The summed E-state index contributed by atoms with van der Waals surface area (Å²) in [5.74, 6) is -0.546. The van der Waals surface area contributed by atoms with Crippen LogP contribution in [-0.2, 0) is 9.59 Å². The number of amides is 4. The molecular formula is C35H34N4O7S2. The molecule has 1 aliphatic heterocycles. The molecule has 4 aromatic carbocycles. The molecule has 248 valence electrons. The molecule has 0 fully saturated rings. The summed E-state index contributed by atoms with van der Waals surface area (Å²) in [6, 6.07) is 27.6. The number of carbonyl (C=O) groups excluding carboxylic acids is 4. The van der Waals surface area contributed by atoms with E-state index in [-0.39, 0.29) is 48.9 Å². The van der Waals surface area contributed by atoms with Gasteiger partial charge in [0.25, 0.3) is 23.6 Å². The Kier molecular flexibility index (Phi) is 12.3. The fourth-order valence-electron chi connectivity index (χ4n) is 4.57. The Morgan fingerprint density at radius 3 is 1.42 bits per heavy atom. The number of rotatable bonds is 0. The fourth-order valence-corrected chi connectivity index (χ4v) is 6.60. The van der Waals surface area contributed by atoms with Gasteiger partial charge in [-0.1, -0.05) is 48.5 Å². The van der Waals surface area contributed by atoms with Crippen LogP contribution in [0.4, 0.5) is 11.4 Å². The highest BCUT2D eigenvalue weighted by Gasteiger charge is 2.17. The van der Waals surface area contributed by atoms with Gasteiger partial charge >= 0.3 is 0 Å². The smallest absolute Gasteiger partial charge is 0.262 e. The van der Waals surface area contributed by atoms with Crippen molar-refractivity contribution < 1.29 is 33.8 Å². The van der Waals surface area contributed by atoms with Crippen molar-refractivity contribution in [3.8, 4) is 11.5 Å². The summed E-state index contributed by atoms with van der Waals surface area (Å²) in [5, 5.41) is 22.0. The van der Waals surface area contributed by atoms with Crippen LogP contribution in [-0.4, -0.2) is 72.6 Å². The first-order valence-electron chi connectivity index (χ1n) is 15.1. The minimum absolute atomic E-state index is 0.116. The van der Waals surface area contributed by atoms with Crippen LogP contribution in [0.1, 0.15) is 20.7 Å². The molecular weight excluding hydrogens is 653 g/mol.